The van der Waals surface area contributed by atoms with Gasteiger partial charge in [-0.1, -0.05) is 17.7 Å². The highest BCUT2D eigenvalue weighted by Crippen LogP contribution is 2.60. The summed E-state index contributed by atoms with van der Waals surface area (Å²) in [6.07, 6.45) is 3.78. The highest BCUT2D eigenvalue weighted by atomic mass is 35.5. The molecule has 3 aromatic rings. The number of amides is 2. The number of hydrogen-bond acceptors (Lipinski definition) is 5. The maximum Gasteiger partial charge on any atom is 0.261 e. The summed E-state index contributed by atoms with van der Waals surface area (Å²) in [5, 5.41) is 7.04. The molecule has 0 unspecified atom stereocenters. The third-order valence-electron chi connectivity index (χ3n) is 5.59. The molecule has 154 valence electrons. The van der Waals surface area contributed by atoms with Crippen molar-refractivity contribution in [1.29, 1.82) is 0 Å². The Balaban J connectivity index is 1.12. The van der Waals surface area contributed by atoms with Crippen LogP contribution in [0.5, 0.6) is 5.75 Å². The lowest BCUT2D eigenvalue weighted by Crippen LogP contribution is -2.84. The molecular weight excluding hydrogens is 429 g/mol. The topological polar surface area (TPSA) is 80.3 Å². The van der Waals surface area contributed by atoms with Crippen molar-refractivity contribution >= 4 is 45.0 Å². The first-order chi connectivity index (χ1) is 14.4. The number of halogens is 2. The lowest BCUT2D eigenvalue weighted by Gasteiger charge is -2.70. The van der Waals surface area contributed by atoms with Crippen LogP contribution in [0.15, 0.2) is 42.6 Å². The van der Waals surface area contributed by atoms with E-state index >= 15 is 0 Å². The van der Waals surface area contributed by atoms with Gasteiger partial charge in [0.2, 0.25) is 0 Å². The van der Waals surface area contributed by atoms with E-state index in [-0.39, 0.29) is 40.3 Å². The molecule has 2 bridgehead atoms. The first kappa shape index (κ1) is 19.3. The third kappa shape index (κ3) is 3.40. The molecule has 1 aromatic carbocycles. The van der Waals surface area contributed by atoms with E-state index in [1.165, 1.54) is 23.5 Å². The number of pyridine rings is 1. The number of nitrogens with zero attached hydrogens (tertiary/aromatic N) is 1. The van der Waals surface area contributed by atoms with Gasteiger partial charge in [0.05, 0.1) is 9.90 Å². The van der Waals surface area contributed by atoms with Crippen LogP contribution in [0.4, 0.5) is 4.39 Å². The number of carbonyl (C=O) groups is 2. The number of thiophene rings is 1. The molecule has 3 aliphatic rings. The second-order valence-corrected chi connectivity index (χ2v) is 9.40. The van der Waals surface area contributed by atoms with Gasteiger partial charge in [0.25, 0.3) is 11.8 Å². The minimum atomic E-state index is -0.596. The Hall–Kier alpha value is -2.71. The van der Waals surface area contributed by atoms with Gasteiger partial charge in [-0.15, -0.1) is 11.3 Å². The molecule has 9 heteroatoms. The Morgan fingerprint density at radius 1 is 1.17 bits per heavy atom. The van der Waals surface area contributed by atoms with Crippen LogP contribution in [0, 0.1) is 5.82 Å². The van der Waals surface area contributed by atoms with Crippen molar-refractivity contribution in [3.8, 4) is 5.75 Å². The number of ether oxygens (including phenoxy) is 1. The zero-order valence-electron chi connectivity index (χ0n) is 15.7. The number of carbonyl (C=O) groups excluding carboxylic acids is 2. The maximum atomic E-state index is 13.4. The number of benzene rings is 1. The number of nitrogens with one attached hydrogen (secondary N) is 2. The highest BCUT2D eigenvalue weighted by molar-refractivity contribution is 7.20. The van der Waals surface area contributed by atoms with Crippen LogP contribution in [0.3, 0.4) is 0 Å². The van der Waals surface area contributed by atoms with E-state index < -0.39 is 5.82 Å². The monoisotopic (exact) mass is 445 g/mol. The predicted molar refractivity (Wildman–Crippen MR) is 111 cm³/mol. The zero-order chi connectivity index (χ0) is 20.9. The second-order valence-electron chi connectivity index (χ2n) is 7.97. The Bertz CT molecular complexity index is 1130. The third-order valence-corrected chi connectivity index (χ3v) is 6.96. The van der Waals surface area contributed by atoms with Crippen molar-refractivity contribution in [1.82, 2.24) is 15.6 Å². The summed E-state index contributed by atoms with van der Waals surface area (Å²) in [7, 11) is 0. The first-order valence-electron chi connectivity index (χ1n) is 9.41. The molecule has 6 rings (SSSR count). The van der Waals surface area contributed by atoms with Gasteiger partial charge in [0, 0.05) is 28.7 Å². The van der Waals surface area contributed by atoms with Crippen LogP contribution < -0.4 is 15.4 Å². The molecule has 0 atom stereocenters. The van der Waals surface area contributed by atoms with Crippen molar-refractivity contribution in [2.45, 2.75) is 30.3 Å². The van der Waals surface area contributed by atoms with Gasteiger partial charge >= 0.3 is 0 Å². The average Bonchev–Trinajstić information content (AvgIpc) is 3.10. The molecular formula is C21H17ClFN3O3S. The fourth-order valence-electron chi connectivity index (χ4n) is 4.39. The van der Waals surface area contributed by atoms with E-state index in [0.717, 1.165) is 16.3 Å². The summed E-state index contributed by atoms with van der Waals surface area (Å²) >= 11 is 7.00. The molecule has 2 amide bonds. The number of rotatable bonds is 6. The largest absolute Gasteiger partial charge is 0.484 e. The van der Waals surface area contributed by atoms with Crippen LogP contribution in [-0.4, -0.2) is 34.5 Å². The lowest BCUT2D eigenvalue weighted by molar-refractivity contribution is -0.141. The van der Waals surface area contributed by atoms with E-state index in [2.05, 4.69) is 15.6 Å². The van der Waals surface area contributed by atoms with Gasteiger partial charge in [-0.25, -0.2) is 9.37 Å². The summed E-state index contributed by atoms with van der Waals surface area (Å²) in [6.45, 7) is -0.211. The molecule has 2 aromatic heterocycles. The van der Waals surface area contributed by atoms with Crippen LogP contribution in [0.25, 0.3) is 10.2 Å². The zero-order valence-corrected chi connectivity index (χ0v) is 17.3. The molecule has 0 spiro atoms. The predicted octanol–water partition coefficient (Wildman–Crippen LogP) is 3.69. The highest BCUT2D eigenvalue weighted by Gasteiger charge is 2.69. The normalized spacial score (nSPS) is 23.9. The van der Waals surface area contributed by atoms with Crippen LogP contribution in [0.1, 0.15) is 28.9 Å². The summed E-state index contributed by atoms with van der Waals surface area (Å²) in [5.74, 6) is -0.737. The molecule has 6 nitrogen and oxygen atoms in total. The van der Waals surface area contributed by atoms with Crippen molar-refractivity contribution < 1.29 is 18.7 Å². The van der Waals surface area contributed by atoms with Gasteiger partial charge < -0.3 is 15.4 Å². The van der Waals surface area contributed by atoms with E-state index in [1.807, 2.05) is 18.2 Å². The maximum absolute atomic E-state index is 13.4. The van der Waals surface area contributed by atoms with Gasteiger partial charge in [0.1, 0.15) is 16.4 Å². The van der Waals surface area contributed by atoms with Crippen molar-refractivity contribution in [3.63, 3.8) is 0 Å². The second kappa shape index (κ2) is 6.92. The Labute approximate surface area is 180 Å². The lowest BCUT2D eigenvalue weighted by atomic mass is 9.44. The SMILES string of the molecule is O=C(COc1ccc(Cl)c(F)c1)NC12CC(NC(=O)c3cc4cccnc4s3)(C1)C2. The van der Waals surface area contributed by atoms with Crippen molar-refractivity contribution in [3.05, 3.63) is 58.3 Å². The quantitative estimate of drug-likeness (QED) is 0.606. The smallest absolute Gasteiger partial charge is 0.261 e. The van der Waals surface area contributed by atoms with Crippen LogP contribution >= 0.6 is 22.9 Å². The van der Waals surface area contributed by atoms with Gasteiger partial charge in [0.15, 0.2) is 6.61 Å². The fourth-order valence-corrected chi connectivity index (χ4v) is 5.40. The fraction of sp³-hybridized carbons (Fsp3) is 0.286. The summed E-state index contributed by atoms with van der Waals surface area (Å²) in [5.41, 5.74) is -0.547. The van der Waals surface area contributed by atoms with Crippen molar-refractivity contribution in [2.75, 3.05) is 6.61 Å². The minimum absolute atomic E-state index is 0.0000706. The Morgan fingerprint density at radius 3 is 2.67 bits per heavy atom. The van der Waals surface area contributed by atoms with E-state index in [4.69, 9.17) is 16.3 Å². The number of fused-ring (bicyclic) bond motifs is 1. The molecule has 0 aliphatic heterocycles. The molecule has 2 N–H and O–H groups in total. The number of hydrogen-bond donors (Lipinski definition) is 2. The molecule has 0 saturated heterocycles. The first-order valence-corrected chi connectivity index (χ1v) is 10.6. The van der Waals surface area contributed by atoms with E-state index in [0.29, 0.717) is 24.1 Å². The van der Waals surface area contributed by atoms with Crippen LogP contribution in [-0.2, 0) is 4.79 Å². The average molecular weight is 446 g/mol. The molecule has 2 heterocycles. The van der Waals surface area contributed by atoms with Crippen molar-refractivity contribution in [2.24, 2.45) is 0 Å². The van der Waals surface area contributed by atoms with Gasteiger partial charge in [-0.05, 0) is 43.5 Å². The summed E-state index contributed by atoms with van der Waals surface area (Å²) in [4.78, 5) is 30.5. The van der Waals surface area contributed by atoms with Crippen LogP contribution in [0.2, 0.25) is 5.02 Å². The molecule has 3 saturated carbocycles. The van der Waals surface area contributed by atoms with Gasteiger partial charge in [-0.2, -0.15) is 0 Å². The number of aromatic nitrogens is 1. The van der Waals surface area contributed by atoms with E-state index in [1.54, 1.807) is 6.20 Å². The minimum Gasteiger partial charge on any atom is -0.484 e. The molecule has 0 radical (unpaired) electrons. The summed E-state index contributed by atoms with van der Waals surface area (Å²) in [6, 6.07) is 9.66. The van der Waals surface area contributed by atoms with E-state index in [9.17, 15) is 14.0 Å². The standard InChI is InChI=1S/C21H17ClFN3O3S/c22-14-4-3-13(7-15(14)23)29-8-17(27)25-20-9-21(10-20,11-20)26-18(28)16-6-12-2-1-5-24-19(12)30-16/h1-7H,8-11H2,(H,25,27)(H,26,28). The van der Waals surface area contributed by atoms with Gasteiger partial charge in [-0.3, -0.25) is 9.59 Å². The molecule has 3 fully saturated rings. The Morgan fingerprint density at radius 2 is 1.93 bits per heavy atom. The molecule has 3 aliphatic carbocycles. The summed E-state index contributed by atoms with van der Waals surface area (Å²) < 4.78 is 18.8. The molecule has 30 heavy (non-hydrogen) atoms. The Kier molecular flexibility index (Phi) is 4.44.